The van der Waals surface area contributed by atoms with Gasteiger partial charge in [0.1, 0.15) is 48.8 Å². The van der Waals surface area contributed by atoms with E-state index in [1.165, 1.54) is 51.4 Å². The van der Waals surface area contributed by atoms with Crippen molar-refractivity contribution in [2.45, 2.75) is 165 Å². The van der Waals surface area contributed by atoms with Crippen molar-refractivity contribution in [3.8, 4) is 0 Å². The van der Waals surface area contributed by atoms with Gasteiger partial charge < -0.3 is 50.0 Å². The molecule has 0 spiro atoms. The number of aliphatic hydroxyl groups is 7. The van der Waals surface area contributed by atoms with Gasteiger partial charge in [0.25, 0.3) is 0 Å². The third-order valence-corrected chi connectivity index (χ3v) is 8.19. The molecule has 1 unspecified atom stereocenters. The number of rotatable bonds is 18. The summed E-state index contributed by atoms with van der Waals surface area (Å²) in [6, 6.07) is 0. The van der Waals surface area contributed by atoms with Gasteiger partial charge in [0.15, 0.2) is 12.4 Å². The zero-order chi connectivity index (χ0) is 29.7. The van der Waals surface area contributed by atoms with Crippen LogP contribution < -0.4 is 0 Å². The van der Waals surface area contributed by atoms with E-state index in [9.17, 15) is 40.5 Å². The van der Waals surface area contributed by atoms with E-state index in [0.717, 1.165) is 31.6 Å². The van der Waals surface area contributed by atoms with Gasteiger partial charge in [-0.3, -0.25) is 4.79 Å². The van der Waals surface area contributed by atoms with Gasteiger partial charge in [-0.2, -0.15) is 0 Å². The van der Waals surface area contributed by atoms with Gasteiger partial charge >= 0.3 is 5.97 Å². The van der Waals surface area contributed by atoms with Gasteiger partial charge in [-0.05, 0) is 12.3 Å². The van der Waals surface area contributed by atoms with Crippen molar-refractivity contribution < 1.29 is 54.8 Å². The fourth-order valence-electron chi connectivity index (χ4n) is 5.45. The normalized spacial score (nSPS) is 35.4. The van der Waals surface area contributed by atoms with Gasteiger partial charge in [-0.25, -0.2) is 0 Å². The predicted molar refractivity (Wildman–Crippen MR) is 146 cm³/mol. The van der Waals surface area contributed by atoms with Crippen LogP contribution in [0.4, 0.5) is 0 Å². The fourth-order valence-corrected chi connectivity index (χ4v) is 5.45. The first-order chi connectivity index (χ1) is 19.1. The van der Waals surface area contributed by atoms with E-state index in [4.69, 9.17) is 14.2 Å². The summed E-state index contributed by atoms with van der Waals surface area (Å²) in [6.45, 7) is 4.18. The van der Waals surface area contributed by atoms with Gasteiger partial charge in [0.2, 0.25) is 0 Å². The molecule has 1 aliphatic heterocycles. The van der Waals surface area contributed by atoms with E-state index in [2.05, 4.69) is 13.8 Å². The lowest BCUT2D eigenvalue weighted by Crippen LogP contribution is -2.67. The molecule has 7 N–H and O–H groups in total. The summed E-state index contributed by atoms with van der Waals surface area (Å²) in [5, 5.41) is 70.9. The van der Waals surface area contributed by atoms with Crippen LogP contribution in [-0.4, -0.2) is 110 Å². The first-order valence-corrected chi connectivity index (χ1v) is 15.3. The van der Waals surface area contributed by atoms with Gasteiger partial charge in [-0.15, -0.1) is 0 Å². The molecule has 0 aromatic rings. The molecular formula is C29H54O11. The number of carbonyl (C=O) groups is 1. The van der Waals surface area contributed by atoms with E-state index < -0.39 is 67.2 Å². The highest BCUT2D eigenvalue weighted by Gasteiger charge is 2.53. The smallest absolute Gasteiger partial charge is 0.306 e. The van der Waals surface area contributed by atoms with E-state index in [1.54, 1.807) is 0 Å². The van der Waals surface area contributed by atoms with Gasteiger partial charge in [0, 0.05) is 6.42 Å². The van der Waals surface area contributed by atoms with Crippen LogP contribution in [0.5, 0.6) is 0 Å². The second-order valence-electron chi connectivity index (χ2n) is 11.7. The number of unbranched alkanes of at least 4 members (excludes halogenated alkanes) is 9. The molecule has 1 saturated heterocycles. The maximum Gasteiger partial charge on any atom is 0.306 e. The summed E-state index contributed by atoms with van der Waals surface area (Å²) in [7, 11) is 0. The first kappa shape index (κ1) is 35.3. The largest absolute Gasteiger partial charge is 0.457 e. The molecule has 0 bridgehead atoms. The summed E-state index contributed by atoms with van der Waals surface area (Å²) in [5.41, 5.74) is 0. The third-order valence-electron chi connectivity index (χ3n) is 8.19. The molecule has 236 valence electrons. The Morgan fingerprint density at radius 2 is 1.23 bits per heavy atom. The summed E-state index contributed by atoms with van der Waals surface area (Å²) < 4.78 is 16.1. The van der Waals surface area contributed by atoms with Crippen LogP contribution in [0.1, 0.15) is 104 Å². The average Bonchev–Trinajstić information content (AvgIpc) is 2.93. The molecule has 1 heterocycles. The molecule has 11 heteroatoms. The zero-order valence-corrected chi connectivity index (χ0v) is 24.2. The Morgan fingerprint density at radius 1 is 0.700 bits per heavy atom. The topological polar surface area (TPSA) is 186 Å². The van der Waals surface area contributed by atoms with E-state index in [0.29, 0.717) is 6.42 Å². The molecule has 11 nitrogen and oxygen atoms in total. The minimum Gasteiger partial charge on any atom is -0.457 e. The predicted octanol–water partition coefficient (Wildman–Crippen LogP) is 1.30. The van der Waals surface area contributed by atoms with Crippen molar-refractivity contribution in [3.63, 3.8) is 0 Å². The number of hydrogen-bond donors (Lipinski definition) is 7. The molecule has 0 aromatic heterocycles. The van der Waals surface area contributed by atoms with Crippen LogP contribution in [0.2, 0.25) is 0 Å². The Kier molecular flexibility index (Phi) is 16.4. The number of esters is 1. The van der Waals surface area contributed by atoms with Crippen LogP contribution in [0.3, 0.4) is 0 Å². The Morgan fingerprint density at radius 3 is 1.82 bits per heavy atom. The molecule has 0 amide bonds. The highest BCUT2D eigenvalue weighted by Crippen LogP contribution is 2.30. The second-order valence-corrected chi connectivity index (χ2v) is 11.7. The van der Waals surface area contributed by atoms with Crippen LogP contribution in [0.25, 0.3) is 0 Å². The van der Waals surface area contributed by atoms with E-state index >= 15 is 0 Å². The SMILES string of the molecule is CCCCCCCCC(C)CCCCCCCC(=O)O[C@@H]1[C@H](O)[C@@H](O)[C@H](O)[C@@H](O)[C@@H]1O[C@@H]1OC[C@@H](O)[C@H](O)[C@H]1O. The Balaban J connectivity index is 1.71. The minimum atomic E-state index is -1.82. The third kappa shape index (κ3) is 11.1. The number of aliphatic hydroxyl groups excluding tert-OH is 7. The molecule has 2 rings (SSSR count). The minimum absolute atomic E-state index is 0.0621. The van der Waals surface area contributed by atoms with Gasteiger partial charge in [0.05, 0.1) is 6.61 Å². The molecule has 0 aromatic carbocycles. The maximum absolute atomic E-state index is 12.5. The Labute approximate surface area is 238 Å². The maximum atomic E-state index is 12.5. The fraction of sp³-hybridized carbons (Fsp3) is 0.966. The Bertz CT molecular complexity index is 695. The summed E-state index contributed by atoms with van der Waals surface area (Å²) >= 11 is 0. The molecule has 0 radical (unpaired) electrons. The highest BCUT2D eigenvalue weighted by atomic mass is 16.7. The van der Waals surface area contributed by atoms with Crippen LogP contribution >= 0.6 is 0 Å². The second kappa shape index (κ2) is 18.6. The van der Waals surface area contributed by atoms with Crippen molar-refractivity contribution in [3.05, 3.63) is 0 Å². The van der Waals surface area contributed by atoms with Crippen molar-refractivity contribution >= 4 is 5.97 Å². The average molecular weight is 579 g/mol. The van der Waals surface area contributed by atoms with Crippen molar-refractivity contribution in [1.82, 2.24) is 0 Å². The quantitative estimate of drug-likeness (QED) is 0.0918. The van der Waals surface area contributed by atoms with Gasteiger partial charge in [-0.1, -0.05) is 90.9 Å². The molecule has 2 aliphatic rings. The highest BCUT2D eigenvalue weighted by molar-refractivity contribution is 5.69. The lowest BCUT2D eigenvalue weighted by atomic mass is 9.84. The lowest BCUT2D eigenvalue weighted by molar-refractivity contribution is -0.322. The van der Waals surface area contributed by atoms with Crippen LogP contribution in [0.15, 0.2) is 0 Å². The monoisotopic (exact) mass is 578 g/mol. The molecular weight excluding hydrogens is 524 g/mol. The molecule has 11 atom stereocenters. The number of ether oxygens (including phenoxy) is 3. The molecule has 1 saturated carbocycles. The Hall–Kier alpha value is -0.890. The molecule has 1 aliphatic carbocycles. The van der Waals surface area contributed by atoms with Crippen molar-refractivity contribution in [1.29, 1.82) is 0 Å². The summed E-state index contributed by atoms with van der Waals surface area (Å²) in [6.07, 6.45) is -1.39. The van der Waals surface area contributed by atoms with Crippen molar-refractivity contribution in [2.24, 2.45) is 5.92 Å². The number of hydrogen-bond acceptors (Lipinski definition) is 11. The van der Waals surface area contributed by atoms with E-state index in [-0.39, 0.29) is 13.0 Å². The standard InChI is InChI=1S/C29H54O11/c1-3-4-5-6-8-11-14-18(2)15-12-9-7-10-13-16-20(31)39-27-24(35)22(33)23(34)25(36)28(27)40-29-26(37)21(32)19(30)17-38-29/h18-19,21-30,32-37H,3-17H2,1-2H3/t18?,19-,21+,22+,23+,24-,25-,26-,27-,28+,29+/m1/s1. The summed E-state index contributed by atoms with van der Waals surface area (Å²) in [4.78, 5) is 12.5. The molecule has 40 heavy (non-hydrogen) atoms. The lowest BCUT2D eigenvalue weighted by Gasteiger charge is -2.45. The summed E-state index contributed by atoms with van der Waals surface area (Å²) in [5.74, 6) is 0.0671. The zero-order valence-electron chi connectivity index (χ0n) is 24.2. The molecule has 2 fully saturated rings. The van der Waals surface area contributed by atoms with Crippen molar-refractivity contribution in [2.75, 3.05) is 6.61 Å². The number of carbonyl (C=O) groups excluding carboxylic acids is 1. The first-order valence-electron chi connectivity index (χ1n) is 15.3. The van der Waals surface area contributed by atoms with E-state index in [1.807, 2.05) is 0 Å². The van der Waals surface area contributed by atoms with Crippen LogP contribution in [0, 0.1) is 5.92 Å². The van der Waals surface area contributed by atoms with Crippen LogP contribution in [-0.2, 0) is 19.0 Å².